The zero-order chi connectivity index (χ0) is 19.1. The summed E-state index contributed by atoms with van der Waals surface area (Å²) in [6.45, 7) is 2.60. The average molecular weight is 380 g/mol. The summed E-state index contributed by atoms with van der Waals surface area (Å²) >= 11 is 1.58. The van der Waals surface area contributed by atoms with Gasteiger partial charge in [0.1, 0.15) is 16.5 Å². The Hall–Kier alpha value is -3.13. The fraction of sp³-hybridized carbons (Fsp3) is 0.158. The second kappa shape index (κ2) is 9.00. The molecule has 0 aliphatic carbocycles. The van der Waals surface area contributed by atoms with Crippen LogP contribution in [0, 0.1) is 0 Å². The molecule has 138 valence electrons. The van der Waals surface area contributed by atoms with Crippen molar-refractivity contribution in [2.75, 3.05) is 22.1 Å². The number of pyridine rings is 1. The Morgan fingerprint density at radius 2 is 2.04 bits per heavy atom. The number of nitrogens with zero attached hydrogens (tertiary/aromatic N) is 3. The quantitative estimate of drug-likeness (QED) is 0.539. The Morgan fingerprint density at radius 3 is 2.78 bits per heavy atom. The Kier molecular flexibility index (Phi) is 6.22. The van der Waals surface area contributed by atoms with Crippen molar-refractivity contribution in [2.45, 2.75) is 18.5 Å². The van der Waals surface area contributed by atoms with E-state index in [1.165, 1.54) is 6.20 Å². The van der Waals surface area contributed by atoms with Crippen molar-refractivity contribution in [3.63, 3.8) is 0 Å². The molecule has 0 aliphatic heterocycles. The fourth-order valence-electron chi connectivity index (χ4n) is 2.37. The highest BCUT2D eigenvalue weighted by molar-refractivity contribution is 7.99. The lowest BCUT2D eigenvalue weighted by Gasteiger charge is -2.10. The normalized spacial score (nSPS) is 10.4. The number of nitrogen functional groups attached to an aromatic ring is 1. The van der Waals surface area contributed by atoms with Gasteiger partial charge in [0.15, 0.2) is 0 Å². The highest BCUT2D eigenvalue weighted by Crippen LogP contribution is 2.17. The molecule has 1 aromatic carbocycles. The average Bonchev–Trinajstić information content (AvgIpc) is 2.68. The molecule has 0 spiro atoms. The van der Waals surface area contributed by atoms with Gasteiger partial charge in [0.05, 0.1) is 18.1 Å². The first kappa shape index (κ1) is 18.7. The van der Waals surface area contributed by atoms with Crippen molar-refractivity contribution in [3.8, 4) is 0 Å². The van der Waals surface area contributed by atoms with Gasteiger partial charge in [0.2, 0.25) is 0 Å². The minimum Gasteiger partial charge on any atom is -0.382 e. The number of carbonyl (C=O) groups excluding carboxylic acids is 1. The lowest BCUT2D eigenvalue weighted by Crippen LogP contribution is -2.14. The SMILES string of the molecule is CCSc1cnc(C(=O)Nc2cccc(CNc3cccnc3N)c2)cn1. The molecule has 1 amide bonds. The van der Waals surface area contributed by atoms with E-state index in [4.69, 9.17) is 5.73 Å². The van der Waals surface area contributed by atoms with Crippen LogP contribution in [-0.4, -0.2) is 26.6 Å². The molecule has 27 heavy (non-hydrogen) atoms. The van der Waals surface area contributed by atoms with Crippen molar-refractivity contribution in [3.05, 3.63) is 66.2 Å². The fourth-order valence-corrected chi connectivity index (χ4v) is 2.92. The van der Waals surface area contributed by atoms with Gasteiger partial charge in [0, 0.05) is 18.4 Å². The summed E-state index contributed by atoms with van der Waals surface area (Å²) in [4.78, 5) is 24.8. The summed E-state index contributed by atoms with van der Waals surface area (Å²) in [5.41, 5.74) is 8.56. The first-order chi connectivity index (χ1) is 13.2. The third kappa shape index (κ3) is 5.18. The summed E-state index contributed by atoms with van der Waals surface area (Å²) in [6.07, 6.45) is 4.75. The molecule has 0 atom stereocenters. The second-order valence-corrected chi connectivity index (χ2v) is 6.90. The Balaban J connectivity index is 1.63. The predicted molar refractivity (Wildman–Crippen MR) is 109 cm³/mol. The van der Waals surface area contributed by atoms with E-state index in [0.717, 1.165) is 22.0 Å². The van der Waals surface area contributed by atoms with Gasteiger partial charge >= 0.3 is 0 Å². The van der Waals surface area contributed by atoms with Crippen LogP contribution in [0.3, 0.4) is 0 Å². The standard InChI is InChI=1S/C19H20N6OS/c1-2-27-17-12-23-16(11-24-17)19(26)25-14-6-3-5-13(9-14)10-22-15-7-4-8-21-18(15)20/h3-9,11-12,22H,2,10H2,1H3,(H2,20,21)(H,25,26). The summed E-state index contributed by atoms with van der Waals surface area (Å²) in [7, 11) is 0. The van der Waals surface area contributed by atoms with E-state index in [2.05, 4.69) is 25.6 Å². The minimum atomic E-state index is -0.294. The van der Waals surface area contributed by atoms with E-state index in [9.17, 15) is 4.79 Å². The first-order valence-electron chi connectivity index (χ1n) is 8.45. The highest BCUT2D eigenvalue weighted by Gasteiger charge is 2.09. The summed E-state index contributed by atoms with van der Waals surface area (Å²) in [5.74, 6) is 1.06. The van der Waals surface area contributed by atoms with Gasteiger partial charge in [-0.2, -0.15) is 0 Å². The van der Waals surface area contributed by atoms with Crippen molar-refractivity contribution >= 4 is 34.9 Å². The topological polar surface area (TPSA) is 106 Å². The number of hydrogen-bond acceptors (Lipinski definition) is 7. The minimum absolute atomic E-state index is 0.280. The number of anilines is 3. The number of thioether (sulfide) groups is 1. The summed E-state index contributed by atoms with van der Waals surface area (Å²) < 4.78 is 0. The monoisotopic (exact) mass is 380 g/mol. The van der Waals surface area contributed by atoms with Crippen LogP contribution in [0.25, 0.3) is 0 Å². The molecule has 4 N–H and O–H groups in total. The molecule has 8 heteroatoms. The molecule has 7 nitrogen and oxygen atoms in total. The molecule has 0 radical (unpaired) electrons. The molecule has 3 rings (SSSR count). The third-order valence-electron chi connectivity index (χ3n) is 3.66. The Labute approximate surface area is 161 Å². The Morgan fingerprint density at radius 1 is 1.15 bits per heavy atom. The van der Waals surface area contributed by atoms with E-state index >= 15 is 0 Å². The second-order valence-electron chi connectivity index (χ2n) is 5.62. The first-order valence-corrected chi connectivity index (χ1v) is 9.43. The van der Waals surface area contributed by atoms with Crippen LogP contribution in [0.2, 0.25) is 0 Å². The maximum absolute atomic E-state index is 12.4. The van der Waals surface area contributed by atoms with Crippen LogP contribution in [0.5, 0.6) is 0 Å². The largest absolute Gasteiger partial charge is 0.382 e. The molecule has 3 aromatic rings. The molecule has 0 fully saturated rings. The highest BCUT2D eigenvalue weighted by atomic mass is 32.2. The third-order valence-corrected chi connectivity index (χ3v) is 4.45. The molecular weight excluding hydrogens is 360 g/mol. The van der Waals surface area contributed by atoms with Gasteiger partial charge in [-0.25, -0.2) is 15.0 Å². The van der Waals surface area contributed by atoms with Crippen molar-refractivity contribution in [2.24, 2.45) is 0 Å². The number of rotatable bonds is 7. The molecule has 0 bridgehead atoms. The number of nitrogens with two attached hydrogens (primary N) is 1. The number of carbonyl (C=O) groups is 1. The van der Waals surface area contributed by atoms with Gasteiger partial charge in [0.25, 0.3) is 5.91 Å². The van der Waals surface area contributed by atoms with E-state index in [1.807, 2.05) is 43.3 Å². The van der Waals surface area contributed by atoms with Gasteiger partial charge in [-0.15, -0.1) is 11.8 Å². The molecule has 0 saturated heterocycles. The van der Waals surface area contributed by atoms with Gasteiger partial charge in [-0.3, -0.25) is 4.79 Å². The number of nitrogens with one attached hydrogen (secondary N) is 2. The van der Waals surface area contributed by atoms with Crippen molar-refractivity contribution in [1.29, 1.82) is 0 Å². The van der Waals surface area contributed by atoms with Crippen LogP contribution in [0.4, 0.5) is 17.2 Å². The lowest BCUT2D eigenvalue weighted by atomic mass is 10.2. The molecule has 0 aliphatic rings. The van der Waals surface area contributed by atoms with Gasteiger partial charge < -0.3 is 16.4 Å². The van der Waals surface area contributed by atoms with Crippen molar-refractivity contribution in [1.82, 2.24) is 15.0 Å². The zero-order valence-corrected chi connectivity index (χ0v) is 15.7. The van der Waals surface area contributed by atoms with E-state index in [-0.39, 0.29) is 11.6 Å². The van der Waals surface area contributed by atoms with E-state index in [1.54, 1.807) is 24.2 Å². The maximum atomic E-state index is 12.4. The van der Waals surface area contributed by atoms with Crippen molar-refractivity contribution < 1.29 is 4.79 Å². The Bertz CT molecular complexity index is 916. The van der Waals surface area contributed by atoms with Crippen LogP contribution in [-0.2, 0) is 6.54 Å². The molecule has 0 unspecified atom stereocenters. The van der Waals surface area contributed by atoms with Crippen LogP contribution in [0.15, 0.2) is 60.0 Å². The molecule has 2 aromatic heterocycles. The van der Waals surface area contributed by atoms with Gasteiger partial charge in [-0.1, -0.05) is 19.1 Å². The number of benzene rings is 1. The number of amides is 1. The van der Waals surface area contributed by atoms with Crippen LogP contribution in [0.1, 0.15) is 23.0 Å². The van der Waals surface area contributed by atoms with E-state index in [0.29, 0.717) is 18.1 Å². The number of aromatic nitrogens is 3. The summed E-state index contributed by atoms with van der Waals surface area (Å²) in [5, 5.41) is 6.88. The smallest absolute Gasteiger partial charge is 0.275 e. The summed E-state index contributed by atoms with van der Waals surface area (Å²) in [6, 6.07) is 11.3. The lowest BCUT2D eigenvalue weighted by molar-refractivity contribution is 0.102. The van der Waals surface area contributed by atoms with E-state index < -0.39 is 0 Å². The molecule has 2 heterocycles. The van der Waals surface area contributed by atoms with Gasteiger partial charge in [-0.05, 0) is 35.6 Å². The number of hydrogen-bond donors (Lipinski definition) is 3. The van der Waals surface area contributed by atoms with Crippen LogP contribution >= 0.6 is 11.8 Å². The molecule has 0 saturated carbocycles. The molecular formula is C19H20N6OS. The predicted octanol–water partition coefficient (Wildman–Crippen LogP) is 3.43. The maximum Gasteiger partial charge on any atom is 0.275 e. The van der Waals surface area contributed by atoms with Crippen LogP contribution < -0.4 is 16.4 Å². The zero-order valence-electron chi connectivity index (χ0n) is 14.8.